The van der Waals surface area contributed by atoms with Gasteiger partial charge in [0.15, 0.2) is 5.03 Å². The number of hydrogen-bond donors (Lipinski definition) is 1. The molecule has 1 fully saturated rings. The van der Waals surface area contributed by atoms with Crippen molar-refractivity contribution in [2.45, 2.75) is 11.1 Å². The minimum absolute atomic E-state index is 0. The Morgan fingerprint density at radius 3 is 2.83 bits per heavy atom. The average Bonchev–Trinajstić information content (AvgIpc) is 2.94. The molecule has 0 saturated carbocycles. The second-order valence-electron chi connectivity index (χ2n) is 5.09. The Morgan fingerprint density at radius 2 is 2.17 bits per heavy atom. The largest absolute Gasteiger partial charge is 0.313 e. The van der Waals surface area contributed by atoms with Gasteiger partial charge in [0, 0.05) is 26.7 Å². The molecule has 7 nitrogen and oxygen atoms in total. The summed E-state index contributed by atoms with van der Waals surface area (Å²) in [5.41, 5.74) is 0.617. The van der Waals surface area contributed by atoms with E-state index in [9.17, 15) is 12.8 Å². The molecule has 1 aliphatic rings. The first-order valence-electron chi connectivity index (χ1n) is 6.83. The molecule has 0 radical (unpaired) electrons. The van der Waals surface area contributed by atoms with Gasteiger partial charge in [-0.2, -0.15) is 4.31 Å². The number of aromatic nitrogens is 3. The molecule has 2 aromatic rings. The van der Waals surface area contributed by atoms with Gasteiger partial charge < -0.3 is 5.32 Å². The van der Waals surface area contributed by atoms with Gasteiger partial charge in [0.2, 0.25) is 0 Å². The van der Waals surface area contributed by atoms with E-state index in [1.807, 2.05) is 0 Å². The van der Waals surface area contributed by atoms with Gasteiger partial charge in [-0.1, -0.05) is 17.3 Å². The van der Waals surface area contributed by atoms with Crippen molar-refractivity contribution in [1.29, 1.82) is 0 Å². The molecule has 0 bridgehead atoms. The number of sulfonamides is 1. The van der Waals surface area contributed by atoms with Crippen molar-refractivity contribution in [2.75, 3.05) is 19.6 Å². The van der Waals surface area contributed by atoms with Gasteiger partial charge in [0.05, 0.1) is 12.2 Å². The van der Waals surface area contributed by atoms with Crippen molar-refractivity contribution in [3.8, 4) is 0 Å². The minimum Gasteiger partial charge on any atom is -0.313 e. The quantitative estimate of drug-likeness (QED) is 0.871. The van der Waals surface area contributed by atoms with Gasteiger partial charge in [-0.25, -0.2) is 17.5 Å². The zero-order valence-electron chi connectivity index (χ0n) is 12.4. The SMILES string of the molecule is Cl.Cn1nncc1S(=O)(=O)N1CCNCC1c1cccc(F)c1. The standard InChI is InChI=1S/C13H16FN5O2S.ClH/c1-18-13(9-16-17-18)22(20,21)19-6-5-15-8-12(19)10-3-2-4-11(14)7-10;/h2-4,7,9,12,15H,5-6,8H2,1H3;1H. The Balaban J connectivity index is 0.00000192. The summed E-state index contributed by atoms with van der Waals surface area (Å²) >= 11 is 0. The third-order valence-corrected chi connectivity index (χ3v) is 5.63. The van der Waals surface area contributed by atoms with Gasteiger partial charge in [-0.05, 0) is 17.7 Å². The zero-order valence-corrected chi connectivity index (χ0v) is 14.0. The molecule has 1 saturated heterocycles. The highest BCUT2D eigenvalue weighted by Gasteiger charge is 2.36. The third-order valence-electron chi connectivity index (χ3n) is 3.67. The van der Waals surface area contributed by atoms with E-state index in [0.29, 0.717) is 25.2 Å². The van der Waals surface area contributed by atoms with Crippen LogP contribution in [0.25, 0.3) is 0 Å². The van der Waals surface area contributed by atoms with Crippen molar-refractivity contribution >= 4 is 22.4 Å². The maximum Gasteiger partial charge on any atom is 0.262 e. The highest BCUT2D eigenvalue weighted by Crippen LogP contribution is 2.28. The molecule has 1 unspecified atom stereocenters. The van der Waals surface area contributed by atoms with Crippen molar-refractivity contribution in [2.24, 2.45) is 7.05 Å². The predicted octanol–water partition coefficient (Wildman–Crippen LogP) is 0.711. The van der Waals surface area contributed by atoms with Crippen LogP contribution in [0.3, 0.4) is 0 Å². The summed E-state index contributed by atoms with van der Waals surface area (Å²) in [6.07, 6.45) is 1.22. The predicted molar refractivity (Wildman–Crippen MR) is 84.2 cm³/mol. The second-order valence-corrected chi connectivity index (χ2v) is 6.92. The average molecular weight is 362 g/mol. The van der Waals surface area contributed by atoms with Crippen molar-refractivity contribution in [1.82, 2.24) is 24.6 Å². The summed E-state index contributed by atoms with van der Waals surface area (Å²) in [5, 5.41) is 10.5. The molecule has 0 spiro atoms. The first-order chi connectivity index (χ1) is 10.5. The third kappa shape index (κ3) is 3.37. The van der Waals surface area contributed by atoms with Crippen molar-refractivity contribution < 1.29 is 12.8 Å². The highest BCUT2D eigenvalue weighted by molar-refractivity contribution is 7.89. The molecule has 10 heteroatoms. The van der Waals surface area contributed by atoms with Crippen LogP contribution in [0.2, 0.25) is 0 Å². The van der Waals surface area contributed by atoms with Crippen LogP contribution in [0.1, 0.15) is 11.6 Å². The van der Waals surface area contributed by atoms with Crippen LogP contribution < -0.4 is 5.32 Å². The number of piperazine rings is 1. The maximum absolute atomic E-state index is 13.5. The molecular weight excluding hydrogens is 345 g/mol. The lowest BCUT2D eigenvalue weighted by molar-refractivity contribution is 0.269. The number of nitrogens with one attached hydrogen (secondary N) is 1. The summed E-state index contributed by atoms with van der Waals surface area (Å²) in [4.78, 5) is 0. The summed E-state index contributed by atoms with van der Waals surface area (Å²) in [6, 6.07) is 5.54. The molecular formula is C13H17ClFN5O2S. The Hall–Kier alpha value is -1.55. The fraction of sp³-hybridized carbons (Fsp3) is 0.385. The van der Waals surface area contributed by atoms with Crippen LogP contribution in [0.5, 0.6) is 0 Å². The fourth-order valence-electron chi connectivity index (χ4n) is 2.61. The Bertz CT molecular complexity index is 782. The highest BCUT2D eigenvalue weighted by atomic mass is 35.5. The van der Waals surface area contributed by atoms with Gasteiger partial charge in [0.25, 0.3) is 10.0 Å². The number of benzene rings is 1. The van der Waals surface area contributed by atoms with Crippen LogP contribution in [0.4, 0.5) is 4.39 Å². The molecule has 0 aliphatic carbocycles. The Morgan fingerprint density at radius 1 is 1.39 bits per heavy atom. The summed E-state index contributed by atoms with van der Waals surface area (Å²) in [7, 11) is -2.22. The lowest BCUT2D eigenvalue weighted by Gasteiger charge is -2.35. The van der Waals surface area contributed by atoms with E-state index >= 15 is 0 Å². The van der Waals surface area contributed by atoms with E-state index < -0.39 is 16.1 Å². The fourth-order valence-corrected chi connectivity index (χ4v) is 4.26. The Labute approximate surface area is 139 Å². The smallest absolute Gasteiger partial charge is 0.262 e. The molecule has 1 aromatic carbocycles. The van der Waals surface area contributed by atoms with Crippen LogP contribution in [-0.4, -0.2) is 47.4 Å². The maximum atomic E-state index is 13.5. The number of hydrogen-bond acceptors (Lipinski definition) is 5. The van der Waals surface area contributed by atoms with Gasteiger partial charge in [-0.15, -0.1) is 17.5 Å². The molecule has 1 atom stereocenters. The van der Waals surface area contributed by atoms with Crippen LogP contribution in [-0.2, 0) is 17.1 Å². The lowest BCUT2D eigenvalue weighted by atomic mass is 10.1. The number of rotatable bonds is 3. The summed E-state index contributed by atoms with van der Waals surface area (Å²) in [6.45, 7) is 1.26. The van der Waals surface area contributed by atoms with E-state index in [4.69, 9.17) is 0 Å². The van der Waals surface area contributed by atoms with E-state index in [1.165, 1.54) is 34.4 Å². The van der Waals surface area contributed by atoms with Gasteiger partial charge >= 0.3 is 0 Å². The molecule has 1 N–H and O–H groups in total. The van der Waals surface area contributed by atoms with E-state index in [0.717, 1.165) is 0 Å². The van der Waals surface area contributed by atoms with Crippen LogP contribution >= 0.6 is 12.4 Å². The van der Waals surface area contributed by atoms with E-state index in [2.05, 4.69) is 15.6 Å². The first-order valence-corrected chi connectivity index (χ1v) is 8.27. The number of halogens is 2. The van der Waals surface area contributed by atoms with Gasteiger partial charge in [0.1, 0.15) is 5.82 Å². The van der Waals surface area contributed by atoms with Crippen LogP contribution in [0, 0.1) is 5.82 Å². The van der Waals surface area contributed by atoms with Crippen molar-refractivity contribution in [3.05, 3.63) is 41.8 Å². The monoisotopic (exact) mass is 361 g/mol. The molecule has 0 amide bonds. The van der Waals surface area contributed by atoms with Crippen molar-refractivity contribution in [3.63, 3.8) is 0 Å². The molecule has 1 aliphatic heterocycles. The molecule has 23 heavy (non-hydrogen) atoms. The normalized spacial score (nSPS) is 19.3. The first kappa shape index (κ1) is 17.8. The topological polar surface area (TPSA) is 80.1 Å². The minimum atomic E-state index is -3.75. The van der Waals surface area contributed by atoms with Gasteiger partial charge in [-0.3, -0.25) is 0 Å². The molecule has 126 valence electrons. The van der Waals surface area contributed by atoms with E-state index in [-0.39, 0.29) is 23.3 Å². The summed E-state index contributed by atoms with van der Waals surface area (Å²) in [5.74, 6) is -0.386. The Kier molecular flexibility index (Phi) is 5.35. The number of nitrogens with zero attached hydrogens (tertiary/aromatic N) is 4. The summed E-state index contributed by atoms with van der Waals surface area (Å²) < 4.78 is 41.7. The van der Waals surface area contributed by atoms with Crippen LogP contribution in [0.15, 0.2) is 35.5 Å². The molecule has 3 rings (SSSR count). The number of aryl methyl sites for hydroxylation is 1. The molecule has 1 aromatic heterocycles. The lowest BCUT2D eigenvalue weighted by Crippen LogP contribution is -2.48. The zero-order chi connectivity index (χ0) is 15.7. The second kappa shape index (κ2) is 6.91. The molecule has 2 heterocycles. The van der Waals surface area contributed by atoms with E-state index in [1.54, 1.807) is 12.1 Å².